The monoisotopic (exact) mass is 361 g/mol. The summed E-state index contributed by atoms with van der Waals surface area (Å²) < 4.78 is 5.35. The number of carbonyl (C=O) groups is 3. The Labute approximate surface area is 149 Å². The number of thiophene rings is 1. The van der Waals surface area contributed by atoms with Crippen LogP contribution in [0.5, 0.6) is 5.75 Å². The zero-order valence-electron chi connectivity index (χ0n) is 13.7. The normalized spacial score (nSPS) is 9.96. The van der Waals surface area contributed by atoms with Crippen LogP contribution in [0.3, 0.4) is 0 Å². The number of carbonyl (C=O) groups excluding carboxylic acids is 3. The Kier molecular flexibility index (Phi) is 6.97. The van der Waals surface area contributed by atoms with Crippen molar-refractivity contribution >= 4 is 29.1 Å². The van der Waals surface area contributed by atoms with E-state index < -0.39 is 0 Å². The molecule has 0 unspecified atom stereocenters. The van der Waals surface area contributed by atoms with Gasteiger partial charge in [-0.25, -0.2) is 0 Å². The van der Waals surface area contributed by atoms with E-state index in [0.717, 1.165) is 5.56 Å². The number of rotatable bonds is 8. The van der Waals surface area contributed by atoms with Crippen molar-refractivity contribution in [2.45, 2.75) is 6.54 Å². The van der Waals surface area contributed by atoms with Crippen molar-refractivity contribution < 1.29 is 19.1 Å². The fourth-order valence-corrected chi connectivity index (χ4v) is 2.52. The molecule has 7 nitrogen and oxygen atoms in total. The summed E-state index contributed by atoms with van der Waals surface area (Å²) in [5.41, 5.74) is 0.826. The van der Waals surface area contributed by atoms with E-state index in [2.05, 4.69) is 16.0 Å². The molecule has 0 aliphatic carbocycles. The second-order valence-electron chi connectivity index (χ2n) is 5.05. The predicted octanol–water partition coefficient (Wildman–Crippen LogP) is 0.919. The Morgan fingerprint density at radius 1 is 1.08 bits per heavy atom. The molecule has 3 amide bonds. The summed E-state index contributed by atoms with van der Waals surface area (Å²) in [4.78, 5) is 35.3. The van der Waals surface area contributed by atoms with E-state index in [1.165, 1.54) is 18.4 Å². The lowest BCUT2D eigenvalue weighted by Gasteiger charge is -2.09. The number of nitrogens with one attached hydrogen (secondary N) is 3. The number of benzene rings is 1. The molecule has 8 heteroatoms. The fourth-order valence-electron chi connectivity index (χ4n) is 1.88. The van der Waals surface area contributed by atoms with Gasteiger partial charge in [-0.3, -0.25) is 14.4 Å². The molecular weight excluding hydrogens is 342 g/mol. The highest BCUT2D eigenvalue weighted by Crippen LogP contribution is 2.13. The molecule has 0 spiro atoms. The number of ether oxygens (including phenoxy) is 1. The Morgan fingerprint density at radius 3 is 2.64 bits per heavy atom. The summed E-state index contributed by atoms with van der Waals surface area (Å²) in [7, 11) is 1.54. The van der Waals surface area contributed by atoms with Crippen LogP contribution >= 0.6 is 11.3 Å². The summed E-state index contributed by atoms with van der Waals surface area (Å²) in [5, 5.41) is 9.55. The van der Waals surface area contributed by atoms with Gasteiger partial charge in [0.25, 0.3) is 11.8 Å². The standard InChI is InChI=1S/C17H19N3O4S/c1-18-16(22)11-24-13-5-2-4-12(8-13)9-19-15(21)10-20-17(23)14-6-3-7-25-14/h2-8H,9-11H2,1H3,(H,18,22)(H,19,21)(H,20,23). The minimum absolute atomic E-state index is 0.0684. The minimum Gasteiger partial charge on any atom is -0.484 e. The highest BCUT2D eigenvalue weighted by atomic mass is 32.1. The van der Waals surface area contributed by atoms with Crippen LogP contribution in [0.2, 0.25) is 0 Å². The molecule has 1 aromatic heterocycles. The zero-order chi connectivity index (χ0) is 18.1. The summed E-state index contributed by atoms with van der Waals surface area (Å²) in [5.74, 6) is -0.238. The summed E-state index contributed by atoms with van der Waals surface area (Å²) in [6.07, 6.45) is 0. The Hall–Kier alpha value is -2.87. The maximum Gasteiger partial charge on any atom is 0.261 e. The first-order chi connectivity index (χ1) is 12.1. The van der Waals surface area contributed by atoms with E-state index in [1.807, 2.05) is 6.07 Å². The van der Waals surface area contributed by atoms with Crippen LogP contribution in [-0.2, 0) is 16.1 Å². The van der Waals surface area contributed by atoms with E-state index in [-0.39, 0.29) is 30.9 Å². The van der Waals surface area contributed by atoms with Crippen molar-refractivity contribution in [3.63, 3.8) is 0 Å². The molecular formula is C17H19N3O4S. The van der Waals surface area contributed by atoms with Crippen molar-refractivity contribution in [3.8, 4) is 5.75 Å². The fraction of sp³-hybridized carbons (Fsp3) is 0.235. The highest BCUT2D eigenvalue weighted by Gasteiger charge is 2.08. The van der Waals surface area contributed by atoms with Crippen molar-refractivity contribution in [2.24, 2.45) is 0 Å². The number of hydrogen-bond donors (Lipinski definition) is 3. The van der Waals surface area contributed by atoms with Gasteiger partial charge >= 0.3 is 0 Å². The first kappa shape index (κ1) is 18.5. The molecule has 0 radical (unpaired) electrons. The molecule has 0 fully saturated rings. The lowest BCUT2D eigenvalue weighted by atomic mass is 10.2. The second kappa shape index (κ2) is 9.43. The molecule has 0 aliphatic heterocycles. The summed E-state index contributed by atoms with van der Waals surface area (Å²) in [6.45, 7) is 0.134. The second-order valence-corrected chi connectivity index (χ2v) is 5.99. The molecule has 0 bridgehead atoms. The van der Waals surface area contributed by atoms with Crippen LogP contribution in [0, 0.1) is 0 Å². The van der Waals surface area contributed by atoms with Crippen LogP contribution in [0.4, 0.5) is 0 Å². The van der Waals surface area contributed by atoms with Gasteiger partial charge in [-0.1, -0.05) is 18.2 Å². The molecule has 3 N–H and O–H groups in total. The first-order valence-corrected chi connectivity index (χ1v) is 8.47. The molecule has 2 rings (SSSR count). The van der Waals surface area contributed by atoms with Gasteiger partial charge < -0.3 is 20.7 Å². The third-order valence-electron chi connectivity index (χ3n) is 3.19. The molecule has 132 valence electrons. The first-order valence-electron chi connectivity index (χ1n) is 7.59. The average molecular weight is 361 g/mol. The van der Waals surface area contributed by atoms with Crippen LogP contribution in [0.15, 0.2) is 41.8 Å². The van der Waals surface area contributed by atoms with Crippen molar-refractivity contribution in [3.05, 3.63) is 52.2 Å². The van der Waals surface area contributed by atoms with E-state index in [0.29, 0.717) is 17.2 Å². The van der Waals surface area contributed by atoms with Gasteiger partial charge in [0.15, 0.2) is 6.61 Å². The van der Waals surface area contributed by atoms with Crippen LogP contribution < -0.4 is 20.7 Å². The molecule has 1 aromatic carbocycles. The van der Waals surface area contributed by atoms with Gasteiger partial charge in [-0.05, 0) is 29.1 Å². The minimum atomic E-state index is -0.290. The van der Waals surface area contributed by atoms with Crippen LogP contribution in [0.1, 0.15) is 15.2 Å². The van der Waals surface area contributed by atoms with E-state index in [4.69, 9.17) is 4.74 Å². The molecule has 0 atom stereocenters. The Balaban J connectivity index is 1.75. The predicted molar refractivity (Wildman–Crippen MR) is 94.5 cm³/mol. The van der Waals surface area contributed by atoms with Gasteiger partial charge in [-0.2, -0.15) is 0 Å². The van der Waals surface area contributed by atoms with Gasteiger partial charge in [0, 0.05) is 13.6 Å². The smallest absolute Gasteiger partial charge is 0.261 e. The van der Waals surface area contributed by atoms with Gasteiger partial charge in [0.2, 0.25) is 5.91 Å². The molecule has 0 saturated carbocycles. The Morgan fingerprint density at radius 2 is 1.92 bits per heavy atom. The maximum atomic E-state index is 11.8. The van der Waals surface area contributed by atoms with Crippen LogP contribution in [-0.4, -0.2) is 37.9 Å². The quantitative estimate of drug-likeness (QED) is 0.651. The van der Waals surface area contributed by atoms with Gasteiger partial charge in [0.05, 0.1) is 11.4 Å². The van der Waals surface area contributed by atoms with Crippen molar-refractivity contribution in [2.75, 3.05) is 20.2 Å². The van der Waals surface area contributed by atoms with Gasteiger partial charge in [0.1, 0.15) is 5.75 Å². The molecule has 25 heavy (non-hydrogen) atoms. The van der Waals surface area contributed by atoms with E-state index in [1.54, 1.807) is 35.7 Å². The Bertz CT molecular complexity index is 731. The molecule has 0 aliphatic rings. The van der Waals surface area contributed by atoms with Crippen molar-refractivity contribution in [1.29, 1.82) is 0 Å². The van der Waals surface area contributed by atoms with Gasteiger partial charge in [-0.15, -0.1) is 11.3 Å². The summed E-state index contributed by atoms with van der Waals surface area (Å²) >= 11 is 1.32. The lowest BCUT2D eigenvalue weighted by molar-refractivity contribution is -0.122. The molecule has 2 aromatic rings. The van der Waals surface area contributed by atoms with E-state index in [9.17, 15) is 14.4 Å². The summed E-state index contributed by atoms with van der Waals surface area (Å²) in [6, 6.07) is 10.6. The number of likely N-dealkylation sites (N-methyl/N-ethyl adjacent to an activating group) is 1. The number of hydrogen-bond acceptors (Lipinski definition) is 5. The topological polar surface area (TPSA) is 96.5 Å². The third kappa shape index (κ3) is 6.27. The average Bonchev–Trinajstić information content (AvgIpc) is 3.17. The zero-order valence-corrected chi connectivity index (χ0v) is 14.5. The molecule has 1 heterocycles. The van der Waals surface area contributed by atoms with E-state index >= 15 is 0 Å². The number of amides is 3. The van der Waals surface area contributed by atoms with Crippen molar-refractivity contribution in [1.82, 2.24) is 16.0 Å². The molecule has 0 saturated heterocycles. The lowest BCUT2D eigenvalue weighted by Crippen LogP contribution is -2.36. The maximum absolute atomic E-state index is 11.8. The third-order valence-corrected chi connectivity index (χ3v) is 4.06. The highest BCUT2D eigenvalue weighted by molar-refractivity contribution is 7.12. The SMILES string of the molecule is CNC(=O)COc1cccc(CNC(=O)CNC(=O)c2cccs2)c1. The largest absolute Gasteiger partial charge is 0.484 e. The van der Waals surface area contributed by atoms with Crippen LogP contribution in [0.25, 0.3) is 0 Å².